The lowest BCUT2D eigenvalue weighted by atomic mass is 9.45. The largest absolute Gasteiger partial charge is 0.395 e. The third kappa shape index (κ3) is 4.86. The Morgan fingerprint density at radius 3 is 2.39 bits per heavy atom. The minimum absolute atomic E-state index is 0.0183. The highest BCUT2D eigenvalue weighted by molar-refractivity contribution is 5.91. The Morgan fingerprint density at radius 2 is 1.89 bits per heavy atom. The van der Waals surface area contributed by atoms with Gasteiger partial charge in [-0.1, -0.05) is 38.0 Å². The molecular formula is C31H53NO6. The number of hydrogen-bond donors (Lipinski definition) is 2. The van der Waals surface area contributed by atoms with E-state index in [1.165, 1.54) is 11.1 Å². The van der Waals surface area contributed by atoms with Crippen molar-refractivity contribution in [1.82, 2.24) is 4.90 Å². The van der Waals surface area contributed by atoms with Crippen molar-refractivity contribution in [1.29, 1.82) is 0 Å². The highest BCUT2D eigenvalue weighted by atomic mass is 16.6. The lowest BCUT2D eigenvalue weighted by Crippen LogP contribution is -2.78. The van der Waals surface area contributed by atoms with Gasteiger partial charge in [0.2, 0.25) is 0 Å². The fraction of sp³-hybridized carbons (Fsp3) is 0.839. The van der Waals surface area contributed by atoms with Gasteiger partial charge in [0.25, 0.3) is 0 Å². The number of Topliss-reactive ketones (excluding diaryl/α,β-unsaturated/α-hetero) is 1. The van der Waals surface area contributed by atoms with Gasteiger partial charge in [0.15, 0.2) is 0 Å². The second-order valence-electron chi connectivity index (χ2n) is 12.5. The van der Waals surface area contributed by atoms with E-state index in [1.807, 2.05) is 13.8 Å². The lowest BCUT2D eigenvalue weighted by molar-refractivity contribution is -0.342. The van der Waals surface area contributed by atoms with Gasteiger partial charge in [0.1, 0.15) is 11.4 Å². The molecule has 7 nitrogen and oxygen atoms in total. The molecule has 1 saturated heterocycles. The van der Waals surface area contributed by atoms with E-state index in [9.17, 15) is 15.0 Å². The van der Waals surface area contributed by atoms with E-state index < -0.39 is 23.0 Å². The van der Waals surface area contributed by atoms with Crippen LogP contribution in [0, 0.1) is 28.6 Å². The molecule has 2 bridgehead atoms. The molecule has 38 heavy (non-hydrogen) atoms. The summed E-state index contributed by atoms with van der Waals surface area (Å²) < 4.78 is 18.2. The fourth-order valence-electron chi connectivity index (χ4n) is 8.54. The molecule has 8 atom stereocenters. The first-order chi connectivity index (χ1) is 18.0. The number of ether oxygens (including phenoxy) is 3. The second-order valence-corrected chi connectivity index (χ2v) is 12.5. The molecule has 218 valence electrons. The zero-order chi connectivity index (χ0) is 28.5. The van der Waals surface area contributed by atoms with Crippen molar-refractivity contribution in [2.45, 2.75) is 91.1 Å². The van der Waals surface area contributed by atoms with Crippen LogP contribution in [0.2, 0.25) is 0 Å². The Hall–Kier alpha value is -1.09. The summed E-state index contributed by atoms with van der Waals surface area (Å²) in [4.78, 5) is 17.1. The van der Waals surface area contributed by atoms with E-state index in [4.69, 9.17) is 14.2 Å². The van der Waals surface area contributed by atoms with E-state index in [-0.39, 0.29) is 41.8 Å². The van der Waals surface area contributed by atoms with Gasteiger partial charge >= 0.3 is 0 Å². The Kier molecular flexibility index (Phi) is 10.1. The predicted octanol–water partition coefficient (Wildman–Crippen LogP) is 4.02. The number of rotatable bonds is 8. The SMILES string of the molecule is C=CC.CCN(CCO)CC[C@H]1C(=O)[C@@]2(C)C([C@H](O)[C@@H]3CCC(C)=C1C3(C)C)[C@]1(OC)CO[C@@H]1C[C@@H]2OC. The first-order valence-electron chi connectivity index (χ1n) is 14.5. The highest BCUT2D eigenvalue weighted by Crippen LogP contribution is 2.63. The Labute approximate surface area is 230 Å². The van der Waals surface area contributed by atoms with Crippen molar-refractivity contribution in [3.8, 4) is 0 Å². The number of aliphatic hydroxyl groups is 2. The quantitative estimate of drug-likeness (QED) is 0.454. The number of carbonyl (C=O) groups excluding carboxylic acids is 1. The van der Waals surface area contributed by atoms with Gasteiger partial charge in [-0.2, -0.15) is 0 Å². The number of carbonyl (C=O) groups is 1. The fourth-order valence-corrected chi connectivity index (χ4v) is 8.54. The zero-order valence-electron chi connectivity index (χ0n) is 25.1. The first kappa shape index (κ1) is 31.4. The van der Waals surface area contributed by atoms with E-state index in [2.05, 4.69) is 39.2 Å². The summed E-state index contributed by atoms with van der Waals surface area (Å²) in [6, 6.07) is 0. The van der Waals surface area contributed by atoms with Crippen molar-refractivity contribution in [3.63, 3.8) is 0 Å². The molecule has 1 heterocycles. The van der Waals surface area contributed by atoms with Gasteiger partial charge in [-0.3, -0.25) is 4.79 Å². The van der Waals surface area contributed by atoms with E-state index >= 15 is 0 Å². The molecule has 0 amide bonds. The van der Waals surface area contributed by atoms with Gasteiger partial charge in [-0.25, -0.2) is 0 Å². The van der Waals surface area contributed by atoms with E-state index in [0.29, 0.717) is 26.0 Å². The molecule has 7 heteroatoms. The summed E-state index contributed by atoms with van der Waals surface area (Å²) in [5, 5.41) is 21.7. The number of nitrogens with zero attached hydrogens (tertiary/aromatic N) is 1. The van der Waals surface area contributed by atoms with Crippen LogP contribution in [0.15, 0.2) is 23.8 Å². The van der Waals surface area contributed by atoms with Gasteiger partial charge in [-0.15, -0.1) is 6.58 Å². The minimum atomic E-state index is -0.902. The molecule has 1 aliphatic heterocycles. The number of aliphatic hydroxyl groups excluding tert-OH is 2. The summed E-state index contributed by atoms with van der Waals surface area (Å²) in [7, 11) is 3.38. The van der Waals surface area contributed by atoms with Gasteiger partial charge in [0, 0.05) is 39.0 Å². The normalized spacial score (nSPS) is 39.7. The van der Waals surface area contributed by atoms with Crippen molar-refractivity contribution in [2.24, 2.45) is 28.6 Å². The lowest BCUT2D eigenvalue weighted by Gasteiger charge is -2.66. The van der Waals surface area contributed by atoms with Crippen LogP contribution in [0.3, 0.4) is 0 Å². The third-order valence-corrected chi connectivity index (χ3v) is 10.4. The van der Waals surface area contributed by atoms with Crippen molar-refractivity contribution in [3.05, 3.63) is 23.8 Å². The molecule has 0 aromatic carbocycles. The van der Waals surface area contributed by atoms with Crippen LogP contribution in [0.1, 0.15) is 67.2 Å². The Morgan fingerprint density at radius 1 is 1.24 bits per heavy atom. The van der Waals surface area contributed by atoms with Gasteiger partial charge in [-0.05, 0) is 64.5 Å². The molecule has 0 aromatic rings. The van der Waals surface area contributed by atoms with Crippen LogP contribution in [-0.2, 0) is 19.0 Å². The number of fused-ring (bicyclic) bond motifs is 5. The molecule has 2 saturated carbocycles. The molecule has 4 rings (SSSR count). The first-order valence-corrected chi connectivity index (χ1v) is 14.5. The summed E-state index contributed by atoms with van der Waals surface area (Å²) >= 11 is 0. The maximum absolute atomic E-state index is 14.9. The average molecular weight is 536 g/mol. The van der Waals surface area contributed by atoms with E-state index in [0.717, 1.165) is 25.9 Å². The van der Waals surface area contributed by atoms with Crippen molar-refractivity contribution >= 4 is 5.78 Å². The van der Waals surface area contributed by atoms with Crippen molar-refractivity contribution in [2.75, 3.05) is 47.1 Å². The third-order valence-electron chi connectivity index (χ3n) is 10.4. The summed E-state index contributed by atoms with van der Waals surface area (Å²) in [5.41, 5.74) is 0.609. The number of allylic oxidation sites excluding steroid dienone is 3. The average Bonchev–Trinajstić information content (AvgIpc) is 2.86. The van der Waals surface area contributed by atoms with Crippen LogP contribution in [0.25, 0.3) is 0 Å². The minimum Gasteiger partial charge on any atom is -0.395 e. The summed E-state index contributed by atoms with van der Waals surface area (Å²) in [6.07, 6.45) is 3.59. The maximum Gasteiger partial charge on any atom is 0.149 e. The summed E-state index contributed by atoms with van der Waals surface area (Å²) in [5.74, 6) is -0.483. The number of methoxy groups -OCH3 is 2. The van der Waals surface area contributed by atoms with Crippen LogP contribution in [0.5, 0.6) is 0 Å². The molecule has 3 fully saturated rings. The highest BCUT2D eigenvalue weighted by Gasteiger charge is 2.72. The molecule has 4 aliphatic rings. The standard InChI is InChI=1S/C28H47NO6.C3H6/c1-8-29(13-14-30)12-11-18-22-17(2)9-10-19(26(22,3)4)23(31)24-27(5,25(18)32)20(33-6)15-21-28(24,34-7)16-35-21;1-3-2/h18-21,23-24,30-31H,8-16H2,1-7H3;3H,1H2,2H3/t18-,19+,20+,21-,23-,24?,27-,28+;/m1./s1. The van der Waals surface area contributed by atoms with Gasteiger partial charge in [0.05, 0.1) is 36.9 Å². The van der Waals surface area contributed by atoms with Crippen LogP contribution in [-0.4, -0.2) is 91.9 Å². The molecule has 0 radical (unpaired) electrons. The maximum atomic E-state index is 14.9. The number of ketones is 1. The molecule has 1 unspecified atom stereocenters. The zero-order valence-corrected chi connectivity index (χ0v) is 25.1. The molecular weight excluding hydrogens is 482 g/mol. The molecule has 2 N–H and O–H groups in total. The number of likely N-dealkylation sites (N-methyl/N-ethyl adjacent to an activating group) is 1. The molecule has 0 spiro atoms. The predicted molar refractivity (Wildman–Crippen MR) is 150 cm³/mol. The van der Waals surface area contributed by atoms with Crippen molar-refractivity contribution < 1.29 is 29.2 Å². The second kappa shape index (κ2) is 12.2. The molecule has 3 aliphatic carbocycles. The summed E-state index contributed by atoms with van der Waals surface area (Å²) in [6.45, 7) is 18.7. The van der Waals surface area contributed by atoms with Gasteiger partial charge < -0.3 is 29.3 Å². The van der Waals surface area contributed by atoms with Crippen LogP contribution < -0.4 is 0 Å². The Balaban J connectivity index is 0.00000127. The number of hydrogen-bond acceptors (Lipinski definition) is 7. The Bertz CT molecular complexity index is 882. The monoisotopic (exact) mass is 535 g/mol. The smallest absolute Gasteiger partial charge is 0.149 e. The van der Waals surface area contributed by atoms with Crippen LogP contribution >= 0.6 is 0 Å². The topological polar surface area (TPSA) is 88.5 Å². The van der Waals surface area contributed by atoms with Crippen LogP contribution in [0.4, 0.5) is 0 Å². The molecule has 0 aromatic heterocycles. The van der Waals surface area contributed by atoms with E-state index in [1.54, 1.807) is 20.3 Å².